The summed E-state index contributed by atoms with van der Waals surface area (Å²) in [6, 6.07) is -0.541. The third-order valence-electron chi connectivity index (χ3n) is 8.40. The molecule has 0 radical (unpaired) electrons. The van der Waals surface area contributed by atoms with E-state index in [0.717, 1.165) is 51.4 Å². The van der Waals surface area contributed by atoms with Gasteiger partial charge >= 0.3 is 0 Å². The summed E-state index contributed by atoms with van der Waals surface area (Å²) in [4.78, 5) is 12.3. The maximum absolute atomic E-state index is 12.3. The lowest BCUT2D eigenvalue weighted by atomic mass is 10.0. The van der Waals surface area contributed by atoms with Crippen LogP contribution in [0.15, 0.2) is 36.5 Å². The van der Waals surface area contributed by atoms with Crippen molar-refractivity contribution in [2.75, 3.05) is 6.61 Å². The number of amides is 1. The van der Waals surface area contributed by atoms with Crippen molar-refractivity contribution in [3.05, 3.63) is 36.5 Å². The Morgan fingerprint density at radius 1 is 0.558 bits per heavy atom. The van der Waals surface area contributed by atoms with Gasteiger partial charge in [-0.05, 0) is 51.4 Å². The van der Waals surface area contributed by atoms with Crippen molar-refractivity contribution in [1.29, 1.82) is 0 Å². The maximum Gasteiger partial charge on any atom is 0.220 e. The number of nitrogens with one attached hydrogen (secondary N) is 1. The molecule has 0 fully saturated rings. The summed E-state index contributed by atoms with van der Waals surface area (Å²) < 4.78 is 0. The largest absolute Gasteiger partial charge is 0.394 e. The predicted molar refractivity (Wildman–Crippen MR) is 188 cm³/mol. The smallest absolute Gasteiger partial charge is 0.220 e. The lowest BCUT2D eigenvalue weighted by Crippen LogP contribution is -2.45. The van der Waals surface area contributed by atoms with E-state index in [-0.39, 0.29) is 12.5 Å². The first kappa shape index (κ1) is 41.6. The van der Waals surface area contributed by atoms with E-state index < -0.39 is 12.1 Å². The van der Waals surface area contributed by atoms with Crippen molar-refractivity contribution in [3.8, 4) is 0 Å². The Labute approximate surface area is 268 Å². The second kappa shape index (κ2) is 35.1. The molecule has 0 aromatic heterocycles. The number of hydrogen-bond acceptors (Lipinski definition) is 3. The van der Waals surface area contributed by atoms with E-state index in [9.17, 15) is 15.0 Å². The SMILES string of the molecule is CCCCC/C=C\C/C=C\C/C=C\CCCCCCCCC(=O)NC(CO)C(O)CCCCCCCCCCCCCC. The molecule has 4 heteroatoms. The van der Waals surface area contributed by atoms with Crippen molar-refractivity contribution in [1.82, 2.24) is 5.32 Å². The van der Waals surface area contributed by atoms with E-state index in [0.29, 0.717) is 12.8 Å². The average molecular weight is 604 g/mol. The third-order valence-corrected chi connectivity index (χ3v) is 8.40. The van der Waals surface area contributed by atoms with Crippen molar-refractivity contribution >= 4 is 5.91 Å². The van der Waals surface area contributed by atoms with Gasteiger partial charge in [-0.2, -0.15) is 0 Å². The molecule has 0 saturated heterocycles. The Kier molecular flexibility index (Phi) is 34.0. The van der Waals surface area contributed by atoms with Crippen LogP contribution in [0.5, 0.6) is 0 Å². The fourth-order valence-electron chi connectivity index (χ4n) is 5.48. The van der Waals surface area contributed by atoms with Crippen LogP contribution in [-0.2, 0) is 4.79 Å². The topological polar surface area (TPSA) is 69.6 Å². The summed E-state index contributed by atoms with van der Waals surface area (Å²) in [6.45, 7) is 4.31. The number of allylic oxidation sites excluding steroid dienone is 6. The minimum atomic E-state index is -0.663. The van der Waals surface area contributed by atoms with Crippen LogP contribution >= 0.6 is 0 Å². The van der Waals surface area contributed by atoms with E-state index in [2.05, 4.69) is 55.6 Å². The van der Waals surface area contributed by atoms with Gasteiger partial charge in [-0.25, -0.2) is 0 Å². The first-order valence-corrected chi connectivity index (χ1v) is 18.7. The number of carbonyl (C=O) groups excluding carboxylic acids is 1. The zero-order valence-corrected chi connectivity index (χ0v) is 28.7. The molecule has 0 bridgehead atoms. The molecule has 2 unspecified atom stereocenters. The highest BCUT2D eigenvalue weighted by molar-refractivity contribution is 5.76. The molecular weight excluding hydrogens is 530 g/mol. The molecule has 0 aromatic rings. The van der Waals surface area contributed by atoms with Crippen molar-refractivity contribution in [2.24, 2.45) is 0 Å². The Balaban J connectivity index is 3.61. The minimum Gasteiger partial charge on any atom is -0.394 e. The molecule has 0 saturated carbocycles. The molecule has 3 N–H and O–H groups in total. The van der Waals surface area contributed by atoms with Gasteiger partial charge < -0.3 is 15.5 Å². The van der Waals surface area contributed by atoms with Crippen molar-refractivity contribution < 1.29 is 15.0 Å². The second-order valence-electron chi connectivity index (χ2n) is 12.6. The minimum absolute atomic E-state index is 0.0463. The van der Waals surface area contributed by atoms with Gasteiger partial charge in [-0.1, -0.05) is 166 Å². The van der Waals surface area contributed by atoms with Gasteiger partial charge in [0.05, 0.1) is 18.8 Å². The van der Waals surface area contributed by atoms with Gasteiger partial charge in [-0.3, -0.25) is 4.79 Å². The van der Waals surface area contributed by atoms with Crippen LogP contribution in [0.1, 0.15) is 187 Å². The quantitative estimate of drug-likeness (QED) is 0.0516. The molecule has 0 aromatic carbocycles. The molecule has 2 atom stereocenters. The number of aliphatic hydroxyl groups is 2. The van der Waals surface area contributed by atoms with Crippen LogP contribution in [-0.4, -0.2) is 34.9 Å². The molecule has 0 aliphatic heterocycles. The molecule has 0 heterocycles. The Hall–Kier alpha value is -1.39. The van der Waals surface area contributed by atoms with Gasteiger partial charge in [0.25, 0.3) is 0 Å². The lowest BCUT2D eigenvalue weighted by molar-refractivity contribution is -0.123. The van der Waals surface area contributed by atoms with Crippen LogP contribution in [0.25, 0.3) is 0 Å². The first-order valence-electron chi connectivity index (χ1n) is 18.7. The molecule has 0 spiro atoms. The van der Waals surface area contributed by atoms with E-state index in [4.69, 9.17) is 0 Å². The van der Waals surface area contributed by atoms with Gasteiger partial charge in [-0.15, -0.1) is 0 Å². The summed E-state index contributed by atoms with van der Waals surface area (Å²) in [7, 11) is 0. The van der Waals surface area contributed by atoms with Crippen LogP contribution < -0.4 is 5.32 Å². The van der Waals surface area contributed by atoms with Crippen LogP contribution in [0.3, 0.4) is 0 Å². The molecule has 0 aliphatic carbocycles. The molecule has 4 nitrogen and oxygen atoms in total. The second-order valence-corrected chi connectivity index (χ2v) is 12.6. The highest BCUT2D eigenvalue weighted by Crippen LogP contribution is 2.14. The van der Waals surface area contributed by atoms with Crippen molar-refractivity contribution in [2.45, 2.75) is 199 Å². The van der Waals surface area contributed by atoms with Gasteiger partial charge in [0.15, 0.2) is 0 Å². The van der Waals surface area contributed by atoms with Gasteiger partial charge in [0.1, 0.15) is 0 Å². The van der Waals surface area contributed by atoms with Gasteiger partial charge in [0, 0.05) is 6.42 Å². The highest BCUT2D eigenvalue weighted by Gasteiger charge is 2.19. The summed E-state index contributed by atoms with van der Waals surface area (Å²) in [5.74, 6) is -0.0463. The molecule has 0 rings (SSSR count). The van der Waals surface area contributed by atoms with Crippen molar-refractivity contribution in [3.63, 3.8) is 0 Å². The lowest BCUT2D eigenvalue weighted by Gasteiger charge is -2.22. The van der Waals surface area contributed by atoms with E-state index in [1.165, 1.54) is 109 Å². The molecule has 0 aliphatic rings. The number of hydrogen-bond donors (Lipinski definition) is 3. The molecule has 252 valence electrons. The highest BCUT2D eigenvalue weighted by atomic mass is 16.3. The average Bonchev–Trinajstić information content (AvgIpc) is 3.01. The van der Waals surface area contributed by atoms with Crippen LogP contribution in [0.2, 0.25) is 0 Å². The Bertz CT molecular complexity index is 657. The molecule has 43 heavy (non-hydrogen) atoms. The fraction of sp³-hybridized carbons (Fsp3) is 0.821. The van der Waals surface area contributed by atoms with E-state index in [1.54, 1.807) is 0 Å². The van der Waals surface area contributed by atoms with E-state index in [1.807, 2.05) is 0 Å². The Morgan fingerprint density at radius 3 is 1.47 bits per heavy atom. The summed E-state index contributed by atoms with van der Waals surface area (Å²) in [5, 5.41) is 23.0. The summed E-state index contributed by atoms with van der Waals surface area (Å²) in [5.41, 5.74) is 0. The zero-order chi connectivity index (χ0) is 31.5. The molecule has 1 amide bonds. The van der Waals surface area contributed by atoms with Crippen LogP contribution in [0, 0.1) is 0 Å². The third kappa shape index (κ3) is 31.8. The summed E-state index contributed by atoms with van der Waals surface area (Å²) >= 11 is 0. The summed E-state index contributed by atoms with van der Waals surface area (Å²) in [6.07, 6.45) is 44.8. The normalized spacial score (nSPS) is 13.5. The number of rotatable bonds is 33. The van der Waals surface area contributed by atoms with Crippen LogP contribution in [0.4, 0.5) is 0 Å². The first-order chi connectivity index (χ1) is 21.2. The van der Waals surface area contributed by atoms with E-state index >= 15 is 0 Å². The van der Waals surface area contributed by atoms with Gasteiger partial charge in [0.2, 0.25) is 5.91 Å². The molecular formula is C39H73NO3. The number of carbonyl (C=O) groups is 1. The number of aliphatic hydroxyl groups excluding tert-OH is 2. The predicted octanol–water partition coefficient (Wildman–Crippen LogP) is 11.1. The monoisotopic (exact) mass is 604 g/mol. The Morgan fingerprint density at radius 2 is 0.953 bits per heavy atom. The maximum atomic E-state index is 12.3. The zero-order valence-electron chi connectivity index (χ0n) is 28.7. The standard InChI is InChI=1S/C39H73NO3/c1-3-5-7-9-11-13-15-17-18-19-20-21-22-23-25-27-29-31-33-35-39(43)40-37(36-41)38(42)34-32-30-28-26-24-16-14-12-10-8-6-4-2/h11,13,17-18,20-21,37-38,41-42H,3-10,12,14-16,19,22-36H2,1-2H3,(H,40,43)/b13-11-,18-17-,21-20-. The fourth-order valence-corrected chi connectivity index (χ4v) is 5.48. The number of unbranched alkanes of at least 4 members (excludes halogenated alkanes) is 20.